The average Bonchev–Trinajstić information content (AvgIpc) is 3.47. The number of hydrogen-bond acceptors (Lipinski definition) is 8. The fourth-order valence-electron chi connectivity index (χ4n) is 5.80. The summed E-state index contributed by atoms with van der Waals surface area (Å²) < 4.78 is 32.1. The van der Waals surface area contributed by atoms with Gasteiger partial charge in [0.05, 0.1) is 46.6 Å². The Hall–Kier alpha value is -4.78. The number of nitrogens with two attached hydrogens (primary N) is 2. The molecule has 0 aliphatic heterocycles. The van der Waals surface area contributed by atoms with Gasteiger partial charge in [-0.15, -0.1) is 5.10 Å². The molecule has 3 heterocycles. The lowest BCUT2D eigenvalue weighted by molar-refractivity contribution is 0.0938. The van der Waals surface area contributed by atoms with E-state index < -0.39 is 29.0 Å². The summed E-state index contributed by atoms with van der Waals surface area (Å²) in [5, 5.41) is 13.5. The molecule has 0 bridgehead atoms. The van der Waals surface area contributed by atoms with Crippen molar-refractivity contribution in [1.29, 1.82) is 0 Å². The zero-order chi connectivity index (χ0) is 30.8. The second-order valence-corrected chi connectivity index (χ2v) is 11.1. The maximum absolute atomic E-state index is 15.4. The summed E-state index contributed by atoms with van der Waals surface area (Å²) in [6.45, 7) is 5.55. The van der Waals surface area contributed by atoms with Gasteiger partial charge in [-0.25, -0.2) is 18.4 Å². The van der Waals surface area contributed by atoms with E-state index in [4.69, 9.17) is 11.5 Å². The summed E-state index contributed by atoms with van der Waals surface area (Å²) in [5.74, 6) is -3.23. The fraction of sp³-hybridized carbons (Fsp3) is 0.333. The van der Waals surface area contributed by atoms with Crippen molar-refractivity contribution >= 4 is 23.2 Å². The van der Waals surface area contributed by atoms with Gasteiger partial charge < -0.3 is 22.1 Å². The third-order valence-corrected chi connectivity index (χ3v) is 7.68. The van der Waals surface area contributed by atoms with Crippen molar-refractivity contribution in [2.24, 2.45) is 11.7 Å². The molecule has 4 atom stereocenters. The summed E-state index contributed by atoms with van der Waals surface area (Å²) in [5.41, 5.74) is 12.7. The summed E-state index contributed by atoms with van der Waals surface area (Å²) in [6.07, 6.45) is 8.02. The minimum Gasteiger partial charge on any atom is -0.397 e. The first-order valence-electron chi connectivity index (χ1n) is 14.0. The van der Waals surface area contributed by atoms with Crippen molar-refractivity contribution in [1.82, 2.24) is 30.3 Å². The van der Waals surface area contributed by atoms with Gasteiger partial charge in [0, 0.05) is 24.5 Å². The monoisotopic (exact) mass is 589 g/mol. The third-order valence-electron chi connectivity index (χ3n) is 7.68. The zero-order valence-corrected chi connectivity index (χ0v) is 24.0. The first kappa shape index (κ1) is 29.7. The normalized spacial score (nSPS) is 20.2. The number of amides is 2. The molecule has 1 saturated carbocycles. The summed E-state index contributed by atoms with van der Waals surface area (Å²) >= 11 is 0. The van der Waals surface area contributed by atoms with Crippen LogP contribution in [0.4, 0.5) is 20.2 Å². The SMILES string of the molecule is CC(C)NC(=O)c1ccc(F)c(-c2ccc(N)c(C(=O)Nc3cnccc3[C@H]3C[C@@H](N)[C@@H](n4ccnn4)[C@@H](C)C3)n2)c1F. The van der Waals surface area contributed by atoms with Gasteiger partial charge in [-0.05, 0) is 74.4 Å². The number of benzene rings is 1. The first-order chi connectivity index (χ1) is 20.5. The molecule has 1 aromatic carbocycles. The van der Waals surface area contributed by atoms with Gasteiger partial charge in [0.1, 0.15) is 11.6 Å². The lowest BCUT2D eigenvalue weighted by Crippen LogP contribution is -2.42. The highest BCUT2D eigenvalue weighted by atomic mass is 19.1. The van der Waals surface area contributed by atoms with Crippen LogP contribution in [0.1, 0.15) is 72.0 Å². The number of aromatic nitrogens is 5. The van der Waals surface area contributed by atoms with E-state index in [-0.39, 0.29) is 52.6 Å². The van der Waals surface area contributed by atoms with E-state index in [1.54, 1.807) is 37.1 Å². The average molecular weight is 590 g/mol. The molecule has 2 amide bonds. The lowest BCUT2D eigenvalue weighted by Gasteiger charge is -2.39. The Labute approximate surface area is 247 Å². The number of carbonyl (C=O) groups excluding carboxylic acids is 2. The minimum absolute atomic E-state index is 0.00481. The highest BCUT2D eigenvalue weighted by Gasteiger charge is 2.37. The van der Waals surface area contributed by atoms with E-state index in [1.165, 1.54) is 18.3 Å². The Morgan fingerprint density at radius 2 is 1.86 bits per heavy atom. The van der Waals surface area contributed by atoms with Crippen LogP contribution in [0.15, 0.2) is 55.1 Å². The highest BCUT2D eigenvalue weighted by Crippen LogP contribution is 2.43. The predicted molar refractivity (Wildman–Crippen MR) is 157 cm³/mol. The smallest absolute Gasteiger partial charge is 0.276 e. The lowest BCUT2D eigenvalue weighted by atomic mass is 9.73. The van der Waals surface area contributed by atoms with E-state index in [2.05, 4.69) is 37.8 Å². The molecule has 0 unspecified atom stereocenters. The van der Waals surface area contributed by atoms with Crippen molar-refractivity contribution in [3.8, 4) is 11.3 Å². The second-order valence-electron chi connectivity index (χ2n) is 11.1. The van der Waals surface area contributed by atoms with E-state index in [0.717, 1.165) is 24.1 Å². The fourth-order valence-corrected chi connectivity index (χ4v) is 5.80. The van der Waals surface area contributed by atoms with Crippen molar-refractivity contribution in [3.05, 3.63) is 83.6 Å². The molecule has 5 rings (SSSR count). The van der Waals surface area contributed by atoms with Crippen LogP contribution in [0.5, 0.6) is 0 Å². The van der Waals surface area contributed by atoms with E-state index in [0.29, 0.717) is 12.1 Å². The second kappa shape index (κ2) is 12.2. The zero-order valence-electron chi connectivity index (χ0n) is 24.0. The topological polar surface area (TPSA) is 167 Å². The van der Waals surface area contributed by atoms with Crippen molar-refractivity contribution in [2.45, 2.75) is 57.7 Å². The molecule has 4 aromatic rings. The summed E-state index contributed by atoms with van der Waals surface area (Å²) in [4.78, 5) is 34.4. The number of nitrogen functional groups attached to an aromatic ring is 1. The molecular formula is C30H33F2N9O2. The number of hydrogen-bond donors (Lipinski definition) is 4. The Balaban J connectivity index is 1.42. The van der Waals surface area contributed by atoms with Gasteiger partial charge in [-0.2, -0.15) is 0 Å². The molecule has 0 radical (unpaired) electrons. The van der Waals surface area contributed by atoms with Crippen LogP contribution in [0.2, 0.25) is 0 Å². The van der Waals surface area contributed by atoms with Crippen molar-refractivity contribution in [2.75, 3.05) is 11.1 Å². The summed E-state index contributed by atoms with van der Waals surface area (Å²) in [7, 11) is 0. The molecule has 6 N–H and O–H groups in total. The number of rotatable bonds is 7. The predicted octanol–water partition coefficient (Wildman–Crippen LogP) is 4.07. The Morgan fingerprint density at radius 1 is 1.07 bits per heavy atom. The molecule has 224 valence electrons. The number of pyridine rings is 2. The van der Waals surface area contributed by atoms with Crippen LogP contribution >= 0.6 is 0 Å². The molecule has 1 aliphatic carbocycles. The molecule has 3 aromatic heterocycles. The molecule has 11 nitrogen and oxygen atoms in total. The maximum Gasteiger partial charge on any atom is 0.276 e. The van der Waals surface area contributed by atoms with Crippen LogP contribution < -0.4 is 22.1 Å². The largest absolute Gasteiger partial charge is 0.397 e. The number of nitrogens with zero attached hydrogens (tertiary/aromatic N) is 5. The molecule has 43 heavy (non-hydrogen) atoms. The minimum atomic E-state index is -1.09. The first-order valence-corrected chi connectivity index (χ1v) is 14.0. The van der Waals surface area contributed by atoms with E-state index in [1.807, 2.05) is 6.07 Å². The van der Waals surface area contributed by atoms with Crippen LogP contribution in [0, 0.1) is 17.6 Å². The van der Waals surface area contributed by atoms with E-state index in [9.17, 15) is 14.0 Å². The van der Waals surface area contributed by atoms with Crippen molar-refractivity contribution < 1.29 is 18.4 Å². The van der Waals surface area contributed by atoms with Gasteiger partial charge in [-0.3, -0.25) is 14.6 Å². The quantitative estimate of drug-likeness (QED) is 0.250. The third kappa shape index (κ3) is 6.07. The number of carbonyl (C=O) groups is 2. The number of anilines is 2. The van der Waals surface area contributed by atoms with Gasteiger partial charge in [0.15, 0.2) is 5.69 Å². The van der Waals surface area contributed by atoms with Crippen LogP contribution in [-0.4, -0.2) is 48.9 Å². The summed E-state index contributed by atoms with van der Waals surface area (Å²) in [6, 6.07) is 6.04. The van der Waals surface area contributed by atoms with Gasteiger partial charge in [-0.1, -0.05) is 12.1 Å². The molecule has 0 saturated heterocycles. The van der Waals surface area contributed by atoms with Crippen LogP contribution in [0.25, 0.3) is 11.3 Å². The van der Waals surface area contributed by atoms with Crippen LogP contribution in [0.3, 0.4) is 0 Å². The molecule has 1 fully saturated rings. The maximum atomic E-state index is 15.4. The van der Waals surface area contributed by atoms with Gasteiger partial charge in [0.2, 0.25) is 0 Å². The standard InChI is InChI=1S/C30H33F2N9O2/c1-15(2)37-29(42)19-4-5-20(31)25(26(19)32)23-7-6-21(33)27(38-23)30(43)39-24-14-35-9-8-18(24)17-12-16(3)28(22(34)13-17)41-11-10-36-40-41/h4-11,14-17,22,28H,12-13,33-34H2,1-3H3,(H,37,42)(H,39,43)/t16-,17+,22+,28-/m0/s1. The molecule has 13 heteroatoms. The molecule has 0 spiro atoms. The molecular weight excluding hydrogens is 556 g/mol. The Kier molecular flexibility index (Phi) is 8.44. The Morgan fingerprint density at radius 3 is 2.56 bits per heavy atom. The van der Waals surface area contributed by atoms with E-state index >= 15 is 4.39 Å². The highest BCUT2D eigenvalue weighted by molar-refractivity contribution is 6.07. The number of nitrogens with one attached hydrogen (secondary N) is 2. The van der Waals surface area contributed by atoms with Crippen molar-refractivity contribution in [3.63, 3.8) is 0 Å². The Bertz CT molecular complexity index is 1630. The number of halogens is 2. The van der Waals surface area contributed by atoms with Crippen LogP contribution in [-0.2, 0) is 0 Å². The van der Waals surface area contributed by atoms with Gasteiger partial charge in [0.25, 0.3) is 11.8 Å². The van der Waals surface area contributed by atoms with Gasteiger partial charge >= 0.3 is 0 Å². The molecule has 1 aliphatic rings.